The minimum atomic E-state index is -0.124. The fraction of sp³-hybridized carbons (Fsp3) is 0.333. The molecule has 0 radical (unpaired) electrons. The second kappa shape index (κ2) is 8.34. The molecule has 0 spiro atoms. The summed E-state index contributed by atoms with van der Waals surface area (Å²) in [7, 11) is 0. The molecule has 1 aliphatic rings. The van der Waals surface area contributed by atoms with Gasteiger partial charge in [0.25, 0.3) is 0 Å². The smallest absolute Gasteiger partial charge is 0.241 e. The summed E-state index contributed by atoms with van der Waals surface area (Å²) in [6, 6.07) is 7.08. The van der Waals surface area contributed by atoms with Crippen LogP contribution in [0.25, 0.3) is 0 Å². The normalized spacial score (nSPS) is 17.2. The van der Waals surface area contributed by atoms with Crippen molar-refractivity contribution in [3.05, 3.63) is 24.3 Å². The highest BCUT2D eigenvalue weighted by molar-refractivity contribution is 8.24. The third kappa shape index (κ3) is 4.96. The average molecular weight is 366 g/mol. The summed E-state index contributed by atoms with van der Waals surface area (Å²) in [6.07, 6.45) is 0.882. The van der Waals surface area contributed by atoms with Gasteiger partial charge in [0.1, 0.15) is 9.72 Å². The van der Waals surface area contributed by atoms with E-state index in [9.17, 15) is 9.59 Å². The number of amides is 2. The summed E-state index contributed by atoms with van der Waals surface area (Å²) in [5.74, 6) is -0.0880. The molecule has 1 N–H and O–H groups in total. The van der Waals surface area contributed by atoms with E-state index < -0.39 is 0 Å². The Morgan fingerprint density at radius 2 is 2.17 bits per heavy atom. The summed E-state index contributed by atoms with van der Waals surface area (Å²) < 4.78 is 0.591. The van der Waals surface area contributed by atoms with Crippen LogP contribution in [0.4, 0.5) is 5.69 Å². The molecular formula is C15H15N3O2S3. The molecule has 0 aromatic heterocycles. The van der Waals surface area contributed by atoms with Gasteiger partial charge >= 0.3 is 0 Å². The van der Waals surface area contributed by atoms with Crippen molar-refractivity contribution < 1.29 is 9.59 Å². The van der Waals surface area contributed by atoms with Gasteiger partial charge < -0.3 is 5.32 Å². The molecule has 1 aromatic carbocycles. The van der Waals surface area contributed by atoms with Crippen LogP contribution in [0.15, 0.2) is 29.2 Å². The van der Waals surface area contributed by atoms with Crippen LogP contribution < -0.4 is 5.32 Å². The van der Waals surface area contributed by atoms with Crippen molar-refractivity contribution in [2.24, 2.45) is 0 Å². The Bertz CT molecular complexity index is 655. The summed E-state index contributed by atoms with van der Waals surface area (Å²) in [6.45, 7) is 2.31. The van der Waals surface area contributed by atoms with Gasteiger partial charge in [-0.15, -0.1) is 0 Å². The first-order valence-electron chi connectivity index (χ1n) is 6.99. The van der Waals surface area contributed by atoms with Crippen LogP contribution >= 0.6 is 35.7 Å². The maximum Gasteiger partial charge on any atom is 0.241 e. The van der Waals surface area contributed by atoms with E-state index in [0.29, 0.717) is 29.4 Å². The lowest BCUT2D eigenvalue weighted by molar-refractivity contribution is -0.126. The van der Waals surface area contributed by atoms with E-state index in [0.717, 1.165) is 16.7 Å². The van der Waals surface area contributed by atoms with E-state index in [1.165, 1.54) is 11.8 Å². The van der Waals surface area contributed by atoms with Crippen molar-refractivity contribution in [1.82, 2.24) is 4.90 Å². The molecule has 1 fully saturated rings. The van der Waals surface area contributed by atoms with Crippen LogP contribution in [-0.2, 0) is 9.59 Å². The number of hydrogen-bond donors (Lipinski definition) is 1. The van der Waals surface area contributed by atoms with Gasteiger partial charge in [0, 0.05) is 23.5 Å². The van der Waals surface area contributed by atoms with Gasteiger partial charge in [-0.1, -0.05) is 24.0 Å². The number of benzene rings is 1. The molecule has 1 unspecified atom stereocenters. The van der Waals surface area contributed by atoms with Crippen LogP contribution in [0.2, 0.25) is 0 Å². The Hall–Kier alpha value is -1.56. The van der Waals surface area contributed by atoms with E-state index in [1.54, 1.807) is 29.2 Å². The first-order chi connectivity index (χ1) is 11.0. The third-order valence-corrected chi connectivity index (χ3v) is 5.28. The Morgan fingerprint density at radius 1 is 1.48 bits per heavy atom. The minimum absolute atomic E-state index is 0.0194. The monoisotopic (exact) mass is 365 g/mol. The maximum atomic E-state index is 11.9. The molecule has 1 atom stereocenters. The number of carbonyl (C=O) groups is 2. The van der Waals surface area contributed by atoms with Crippen molar-refractivity contribution in [3.8, 4) is 5.40 Å². The summed E-state index contributed by atoms with van der Waals surface area (Å²) in [5, 5.41) is 13.2. The molecule has 0 bridgehead atoms. The summed E-state index contributed by atoms with van der Waals surface area (Å²) >= 11 is 7.61. The van der Waals surface area contributed by atoms with Crippen molar-refractivity contribution in [1.29, 1.82) is 5.26 Å². The second-order valence-corrected chi connectivity index (χ2v) is 7.72. The van der Waals surface area contributed by atoms with Gasteiger partial charge in [-0.3, -0.25) is 14.5 Å². The third-order valence-electron chi connectivity index (χ3n) is 3.20. The summed E-state index contributed by atoms with van der Waals surface area (Å²) in [4.78, 5) is 26.2. The standard InChI is InChI=1S/C15H15N3O2S3/c1-10-14(20)18(15(21)23-10)8-2-3-13(19)17-11-4-6-12(7-5-11)22-9-16/h4-7,10H,2-3,8H2,1H3,(H,17,19). The Kier molecular flexibility index (Phi) is 6.45. The van der Waals surface area contributed by atoms with Crippen LogP contribution in [0, 0.1) is 10.7 Å². The highest BCUT2D eigenvalue weighted by atomic mass is 32.2. The first-order valence-corrected chi connectivity index (χ1v) is 9.09. The number of nitrogens with one attached hydrogen (secondary N) is 1. The van der Waals surface area contributed by atoms with Crippen molar-refractivity contribution in [3.63, 3.8) is 0 Å². The van der Waals surface area contributed by atoms with Gasteiger partial charge in [-0.25, -0.2) is 0 Å². The number of anilines is 1. The predicted molar refractivity (Wildman–Crippen MR) is 97.1 cm³/mol. The molecule has 1 heterocycles. The SMILES string of the molecule is CC1SC(=S)N(CCCC(=O)Nc2ccc(SC#N)cc2)C1=O. The molecule has 0 aliphatic carbocycles. The fourth-order valence-electron chi connectivity index (χ4n) is 2.06. The quantitative estimate of drug-likeness (QED) is 0.474. The number of rotatable bonds is 6. The van der Waals surface area contributed by atoms with Gasteiger partial charge in [-0.05, 0) is 49.4 Å². The zero-order valence-electron chi connectivity index (χ0n) is 12.4. The van der Waals surface area contributed by atoms with Crippen LogP contribution in [0.1, 0.15) is 19.8 Å². The van der Waals surface area contributed by atoms with Crippen LogP contribution in [0.5, 0.6) is 0 Å². The van der Waals surface area contributed by atoms with E-state index >= 15 is 0 Å². The highest BCUT2D eigenvalue weighted by Crippen LogP contribution is 2.27. The molecule has 1 aromatic rings. The molecule has 120 valence electrons. The second-order valence-electron chi connectivity index (χ2n) is 4.89. The van der Waals surface area contributed by atoms with Crippen LogP contribution in [0.3, 0.4) is 0 Å². The molecule has 1 saturated heterocycles. The Labute approximate surface area is 148 Å². The molecule has 0 saturated carbocycles. The molecule has 5 nitrogen and oxygen atoms in total. The zero-order valence-corrected chi connectivity index (χ0v) is 14.9. The van der Waals surface area contributed by atoms with Crippen molar-refractivity contribution in [2.45, 2.75) is 29.9 Å². The van der Waals surface area contributed by atoms with E-state index in [4.69, 9.17) is 17.5 Å². The molecule has 1 aliphatic heterocycles. The number of thiocarbonyl (C=S) groups is 1. The average Bonchev–Trinajstić information content (AvgIpc) is 2.76. The van der Waals surface area contributed by atoms with E-state index in [1.807, 2.05) is 12.3 Å². The topological polar surface area (TPSA) is 73.2 Å². The van der Waals surface area contributed by atoms with Gasteiger partial charge in [0.15, 0.2) is 0 Å². The zero-order chi connectivity index (χ0) is 16.8. The number of carbonyl (C=O) groups excluding carboxylic acids is 2. The first kappa shape index (κ1) is 17.8. The molecule has 8 heteroatoms. The van der Waals surface area contributed by atoms with Gasteiger partial charge in [0.2, 0.25) is 11.8 Å². The number of thioether (sulfide) groups is 2. The molecular weight excluding hydrogens is 350 g/mol. The van der Waals surface area contributed by atoms with E-state index in [2.05, 4.69) is 5.32 Å². The van der Waals surface area contributed by atoms with Gasteiger partial charge in [0.05, 0.1) is 5.25 Å². The largest absolute Gasteiger partial charge is 0.326 e. The fourth-order valence-corrected chi connectivity index (χ4v) is 3.89. The Balaban J connectivity index is 1.76. The molecule has 2 amide bonds. The lowest BCUT2D eigenvalue weighted by Crippen LogP contribution is -2.32. The minimum Gasteiger partial charge on any atom is -0.326 e. The number of nitriles is 1. The lowest BCUT2D eigenvalue weighted by Gasteiger charge is -2.14. The highest BCUT2D eigenvalue weighted by Gasteiger charge is 2.33. The molecule has 2 rings (SSSR count). The lowest BCUT2D eigenvalue weighted by atomic mass is 10.2. The Morgan fingerprint density at radius 3 is 2.74 bits per heavy atom. The van der Waals surface area contributed by atoms with Gasteiger partial charge in [-0.2, -0.15) is 5.26 Å². The maximum absolute atomic E-state index is 11.9. The molecule has 23 heavy (non-hydrogen) atoms. The van der Waals surface area contributed by atoms with Crippen molar-refractivity contribution in [2.75, 3.05) is 11.9 Å². The van der Waals surface area contributed by atoms with E-state index in [-0.39, 0.29) is 17.1 Å². The van der Waals surface area contributed by atoms with Crippen molar-refractivity contribution >= 4 is 57.6 Å². The number of nitrogens with zero attached hydrogens (tertiary/aromatic N) is 2. The summed E-state index contributed by atoms with van der Waals surface area (Å²) in [5.41, 5.74) is 0.689. The van der Waals surface area contributed by atoms with Crippen LogP contribution in [-0.4, -0.2) is 32.8 Å². The predicted octanol–water partition coefficient (Wildman–Crippen LogP) is 3.23. The number of hydrogen-bond acceptors (Lipinski definition) is 6. The number of thiocyanates is 1.